The molecule has 0 bridgehead atoms. The highest BCUT2D eigenvalue weighted by Crippen LogP contribution is 2.16. The van der Waals surface area contributed by atoms with Gasteiger partial charge in [-0.15, -0.1) is 0 Å². The van der Waals surface area contributed by atoms with Crippen LogP contribution in [0.3, 0.4) is 0 Å². The van der Waals surface area contributed by atoms with E-state index >= 15 is 0 Å². The van der Waals surface area contributed by atoms with Gasteiger partial charge >= 0.3 is 0 Å². The maximum absolute atomic E-state index is 13.2. The van der Waals surface area contributed by atoms with Gasteiger partial charge in [-0.1, -0.05) is 0 Å². The second-order valence-corrected chi connectivity index (χ2v) is 4.52. The smallest absolute Gasteiger partial charge is 0.179 e. The molecule has 0 aliphatic carbocycles. The van der Waals surface area contributed by atoms with Gasteiger partial charge in [-0.2, -0.15) is 0 Å². The molecule has 0 rings (SSSR count). The van der Waals surface area contributed by atoms with Gasteiger partial charge in [0.1, 0.15) is 25.1 Å². The first-order valence-corrected chi connectivity index (χ1v) is 5.74. The zero-order valence-electron chi connectivity index (χ0n) is 10.1. The van der Waals surface area contributed by atoms with Crippen LogP contribution in [0.2, 0.25) is 0 Å². The summed E-state index contributed by atoms with van der Waals surface area (Å²) in [5.74, 6) is 0. The van der Waals surface area contributed by atoms with Gasteiger partial charge < -0.3 is 5.32 Å². The molecule has 0 spiro atoms. The molecule has 0 saturated carbocycles. The van der Waals surface area contributed by atoms with Gasteiger partial charge in [0.05, 0.1) is 6.04 Å². The maximum Gasteiger partial charge on any atom is 0.179 e. The van der Waals surface area contributed by atoms with E-state index in [1.165, 1.54) is 0 Å². The molecule has 0 amide bonds. The first-order valence-electron chi connectivity index (χ1n) is 5.74. The molecule has 4 atom stereocenters. The van der Waals surface area contributed by atoms with Crippen LogP contribution in [0.25, 0.3) is 0 Å². The Kier molecular flexibility index (Phi) is 7.72. The van der Waals surface area contributed by atoms with Crippen LogP contribution in [-0.2, 0) is 0 Å². The predicted molar refractivity (Wildman–Crippen MR) is 56.4 cm³/mol. The second kappa shape index (κ2) is 7.87. The number of nitrogens with two attached hydrogens (primary N) is 1. The van der Waals surface area contributed by atoms with E-state index in [2.05, 4.69) is 0 Å². The number of halogens is 4. The fraction of sp³-hybridized carbons (Fsp3) is 1.00. The number of hydrogen-bond acceptors (Lipinski definition) is 0. The Morgan fingerprint density at radius 3 is 1.75 bits per heavy atom. The summed E-state index contributed by atoms with van der Waals surface area (Å²) in [5, 5.41) is 1.68. The monoisotopic (exact) mass is 244 g/mol. The Morgan fingerprint density at radius 2 is 1.31 bits per heavy atom. The van der Waals surface area contributed by atoms with Crippen molar-refractivity contribution in [1.82, 2.24) is 0 Å². The lowest BCUT2D eigenvalue weighted by molar-refractivity contribution is -0.687. The Morgan fingerprint density at radius 1 is 0.812 bits per heavy atom. The third-order valence-electron chi connectivity index (χ3n) is 2.44. The molecule has 16 heavy (non-hydrogen) atoms. The molecule has 98 valence electrons. The minimum absolute atomic E-state index is 0.0287. The Bertz CT molecular complexity index is 175. The maximum atomic E-state index is 13.2. The molecule has 0 fully saturated rings. The van der Waals surface area contributed by atoms with E-state index in [1.807, 2.05) is 13.8 Å². The molecular formula is C11H22F4N+. The molecule has 4 unspecified atom stereocenters. The van der Waals surface area contributed by atoms with Crippen molar-refractivity contribution in [3.8, 4) is 0 Å². The zero-order chi connectivity index (χ0) is 12.7. The largest absolute Gasteiger partial charge is 0.342 e. The fourth-order valence-electron chi connectivity index (χ4n) is 1.28. The average Bonchev–Trinajstić information content (AvgIpc) is 2.21. The van der Waals surface area contributed by atoms with Crippen LogP contribution in [-0.4, -0.2) is 37.3 Å². The van der Waals surface area contributed by atoms with Crippen molar-refractivity contribution in [1.29, 1.82) is 0 Å². The number of alkyl halides is 4. The van der Waals surface area contributed by atoms with Crippen molar-refractivity contribution in [2.45, 2.75) is 64.3 Å². The molecule has 0 aliphatic heterocycles. The van der Waals surface area contributed by atoms with E-state index in [9.17, 15) is 17.6 Å². The third-order valence-corrected chi connectivity index (χ3v) is 2.44. The first kappa shape index (κ1) is 15.7. The van der Waals surface area contributed by atoms with E-state index in [0.29, 0.717) is 0 Å². The fourth-order valence-corrected chi connectivity index (χ4v) is 1.28. The first-order chi connectivity index (χ1) is 7.34. The van der Waals surface area contributed by atoms with Crippen LogP contribution >= 0.6 is 0 Å². The summed E-state index contributed by atoms with van der Waals surface area (Å²) in [6.07, 6.45) is -7.15. The minimum atomic E-state index is -1.70. The molecule has 5 heteroatoms. The van der Waals surface area contributed by atoms with Gasteiger partial charge in [0, 0.05) is 0 Å². The van der Waals surface area contributed by atoms with Gasteiger partial charge in [0.2, 0.25) is 0 Å². The van der Waals surface area contributed by atoms with Gasteiger partial charge in [-0.25, -0.2) is 17.6 Å². The van der Waals surface area contributed by atoms with Crippen LogP contribution in [0, 0.1) is 0 Å². The molecule has 0 aliphatic rings. The summed E-state index contributed by atoms with van der Waals surface area (Å²) in [6.45, 7) is 4.86. The lowest BCUT2D eigenvalue weighted by Crippen LogP contribution is -2.90. The second-order valence-electron chi connectivity index (χ2n) is 4.52. The molecule has 0 aromatic rings. The van der Waals surface area contributed by atoms with Crippen LogP contribution in [0.1, 0.15) is 33.6 Å². The lowest BCUT2D eigenvalue weighted by atomic mass is 10.1. The number of rotatable bonds is 8. The topological polar surface area (TPSA) is 16.6 Å². The summed E-state index contributed by atoms with van der Waals surface area (Å²) < 4.78 is 51.6. The van der Waals surface area contributed by atoms with Gasteiger partial charge in [0.15, 0.2) is 6.17 Å². The van der Waals surface area contributed by atoms with E-state index in [-0.39, 0.29) is 25.4 Å². The van der Waals surface area contributed by atoms with Gasteiger partial charge in [-0.3, -0.25) is 0 Å². The normalized spacial score (nSPS) is 19.5. The highest BCUT2D eigenvalue weighted by atomic mass is 19.2. The van der Waals surface area contributed by atoms with Crippen molar-refractivity contribution < 1.29 is 22.9 Å². The molecular weight excluding hydrogens is 222 g/mol. The van der Waals surface area contributed by atoms with Crippen molar-refractivity contribution in [2.24, 2.45) is 0 Å². The van der Waals surface area contributed by atoms with Crippen LogP contribution in [0.5, 0.6) is 0 Å². The molecule has 0 aromatic heterocycles. The standard InChI is InChI=1S/C11H21F4N/c1-7(2)16-6-11(15)10(14)5-4-9(13)8(3)12/h7-11,16H,4-6H2,1-3H3/p+1. The Balaban J connectivity index is 3.74. The van der Waals surface area contributed by atoms with Gasteiger partial charge in [-0.05, 0) is 33.6 Å². The number of quaternary nitrogens is 1. The van der Waals surface area contributed by atoms with E-state index in [4.69, 9.17) is 0 Å². The molecule has 1 nitrogen and oxygen atoms in total. The summed E-state index contributed by atoms with van der Waals surface area (Å²) in [6, 6.07) is 0.199. The quantitative estimate of drug-likeness (QED) is 0.630. The molecule has 0 radical (unpaired) electrons. The van der Waals surface area contributed by atoms with Crippen molar-refractivity contribution in [3.63, 3.8) is 0 Å². The summed E-state index contributed by atoms with van der Waals surface area (Å²) >= 11 is 0. The zero-order valence-corrected chi connectivity index (χ0v) is 10.1. The summed E-state index contributed by atoms with van der Waals surface area (Å²) in [4.78, 5) is 0. The lowest BCUT2D eigenvalue weighted by Gasteiger charge is -2.15. The van der Waals surface area contributed by atoms with E-state index in [1.54, 1.807) is 5.32 Å². The van der Waals surface area contributed by atoms with Crippen LogP contribution < -0.4 is 5.32 Å². The molecule has 0 saturated heterocycles. The summed E-state index contributed by atoms with van der Waals surface area (Å²) in [5.41, 5.74) is 0. The Labute approximate surface area is 94.6 Å². The molecule has 0 heterocycles. The third kappa shape index (κ3) is 7.04. The van der Waals surface area contributed by atoms with Crippen molar-refractivity contribution >= 4 is 0 Å². The Hall–Kier alpha value is -0.320. The van der Waals surface area contributed by atoms with Crippen molar-refractivity contribution in [3.05, 3.63) is 0 Å². The van der Waals surface area contributed by atoms with Crippen molar-refractivity contribution in [2.75, 3.05) is 6.54 Å². The van der Waals surface area contributed by atoms with E-state index < -0.39 is 24.7 Å². The number of hydrogen-bond donors (Lipinski definition) is 1. The summed E-state index contributed by atoms with van der Waals surface area (Å²) in [7, 11) is 0. The van der Waals surface area contributed by atoms with Crippen LogP contribution in [0.15, 0.2) is 0 Å². The SMILES string of the molecule is CC(C)[NH2+]CC(F)C(F)CCC(F)C(C)F. The molecule has 0 aromatic carbocycles. The highest BCUT2D eigenvalue weighted by molar-refractivity contribution is 4.71. The predicted octanol–water partition coefficient (Wildman–Crippen LogP) is 2.11. The highest BCUT2D eigenvalue weighted by Gasteiger charge is 2.25. The van der Waals surface area contributed by atoms with Gasteiger partial charge in [0.25, 0.3) is 0 Å². The minimum Gasteiger partial charge on any atom is -0.342 e. The molecule has 2 N–H and O–H groups in total. The van der Waals surface area contributed by atoms with Crippen LogP contribution in [0.4, 0.5) is 17.6 Å². The average molecular weight is 244 g/mol. The van der Waals surface area contributed by atoms with E-state index in [0.717, 1.165) is 6.92 Å².